The van der Waals surface area contributed by atoms with Gasteiger partial charge in [-0.25, -0.2) is 0 Å². The maximum absolute atomic E-state index is 11.5. The van der Waals surface area contributed by atoms with Crippen molar-refractivity contribution in [2.24, 2.45) is 0 Å². The van der Waals surface area contributed by atoms with Gasteiger partial charge in [-0.05, 0) is 18.7 Å². The Hall–Kier alpha value is -1.29. The molecule has 1 N–H and O–H groups in total. The lowest BCUT2D eigenvalue weighted by atomic mass is 10.4. The average Bonchev–Trinajstić information content (AvgIpc) is 2.62. The number of amides is 1. The first-order valence-electron chi connectivity index (χ1n) is 5.20. The molecule has 4 heteroatoms. The lowest BCUT2D eigenvalue weighted by Crippen LogP contribution is -2.27. The molecule has 0 saturated heterocycles. The van der Waals surface area contributed by atoms with Crippen molar-refractivity contribution in [3.8, 4) is 0 Å². The first kappa shape index (κ1) is 11.8. The van der Waals surface area contributed by atoms with E-state index in [9.17, 15) is 4.79 Å². The van der Waals surface area contributed by atoms with Crippen LogP contribution in [0.4, 0.5) is 0 Å². The van der Waals surface area contributed by atoms with Gasteiger partial charge in [-0.3, -0.25) is 4.79 Å². The zero-order valence-electron chi connectivity index (χ0n) is 9.66. The Kier molecular flexibility index (Phi) is 4.37. The Morgan fingerprint density at radius 2 is 2.27 bits per heavy atom. The summed E-state index contributed by atoms with van der Waals surface area (Å²) in [5.74, 6) is 0.115. The van der Waals surface area contributed by atoms with Crippen LogP contribution in [0.5, 0.6) is 0 Å². The molecule has 0 atom stereocenters. The fourth-order valence-electron chi connectivity index (χ4n) is 1.30. The van der Waals surface area contributed by atoms with Crippen molar-refractivity contribution in [1.82, 2.24) is 14.8 Å². The van der Waals surface area contributed by atoms with Crippen LogP contribution in [0.1, 0.15) is 12.6 Å². The van der Waals surface area contributed by atoms with E-state index in [4.69, 9.17) is 0 Å². The Bertz CT molecular complexity index is 317. The van der Waals surface area contributed by atoms with Crippen LogP contribution in [-0.4, -0.2) is 36.0 Å². The van der Waals surface area contributed by atoms with Gasteiger partial charge in [-0.15, -0.1) is 0 Å². The maximum Gasteiger partial charge on any atom is 0.241 e. The molecule has 0 aliphatic heterocycles. The second kappa shape index (κ2) is 5.56. The van der Waals surface area contributed by atoms with E-state index in [1.807, 2.05) is 22.9 Å². The van der Waals surface area contributed by atoms with Crippen molar-refractivity contribution >= 4 is 5.91 Å². The van der Waals surface area contributed by atoms with Gasteiger partial charge in [0, 0.05) is 32.5 Å². The van der Waals surface area contributed by atoms with Crippen molar-refractivity contribution in [2.45, 2.75) is 20.0 Å². The number of hydrogen-bond donors (Lipinski definition) is 1. The monoisotopic (exact) mass is 209 g/mol. The average molecular weight is 209 g/mol. The molecule has 0 aromatic carbocycles. The lowest BCUT2D eigenvalue weighted by Gasteiger charge is -2.13. The zero-order chi connectivity index (χ0) is 11.3. The van der Waals surface area contributed by atoms with Crippen molar-refractivity contribution in [2.75, 3.05) is 20.6 Å². The van der Waals surface area contributed by atoms with Crippen LogP contribution < -0.4 is 5.32 Å². The fraction of sp³-hybridized carbons (Fsp3) is 0.545. The van der Waals surface area contributed by atoms with Crippen molar-refractivity contribution < 1.29 is 4.79 Å². The van der Waals surface area contributed by atoms with E-state index >= 15 is 0 Å². The molecule has 0 radical (unpaired) electrons. The van der Waals surface area contributed by atoms with Gasteiger partial charge in [0.25, 0.3) is 0 Å². The summed E-state index contributed by atoms with van der Waals surface area (Å²) in [4.78, 5) is 13.1. The second-order valence-corrected chi connectivity index (χ2v) is 3.70. The first-order chi connectivity index (χ1) is 7.15. The molecule has 0 bridgehead atoms. The van der Waals surface area contributed by atoms with Crippen LogP contribution in [0.15, 0.2) is 18.3 Å². The number of aromatic nitrogens is 1. The summed E-state index contributed by atoms with van der Waals surface area (Å²) in [7, 11) is 3.55. The number of carbonyl (C=O) groups is 1. The number of hydrogen-bond acceptors (Lipinski definition) is 2. The smallest absolute Gasteiger partial charge is 0.241 e. The van der Waals surface area contributed by atoms with E-state index in [1.54, 1.807) is 19.0 Å². The molecule has 84 valence electrons. The number of nitrogens with zero attached hydrogens (tertiary/aromatic N) is 2. The van der Waals surface area contributed by atoms with Gasteiger partial charge in [0.15, 0.2) is 0 Å². The molecule has 0 spiro atoms. The minimum Gasteiger partial charge on any atom is -0.347 e. The predicted octanol–water partition coefficient (Wildman–Crippen LogP) is 0.686. The van der Waals surface area contributed by atoms with Crippen molar-refractivity contribution in [3.63, 3.8) is 0 Å². The minimum absolute atomic E-state index is 0.115. The molecule has 1 rings (SSSR count). The molecule has 15 heavy (non-hydrogen) atoms. The Labute approximate surface area is 90.9 Å². The summed E-state index contributed by atoms with van der Waals surface area (Å²) in [6.07, 6.45) is 1.94. The van der Waals surface area contributed by atoms with Gasteiger partial charge < -0.3 is 14.8 Å². The van der Waals surface area contributed by atoms with Crippen molar-refractivity contribution in [3.05, 3.63) is 24.0 Å². The highest BCUT2D eigenvalue weighted by atomic mass is 16.2. The normalized spacial score (nSPS) is 10.3. The largest absolute Gasteiger partial charge is 0.347 e. The molecule has 1 aromatic rings. The predicted molar refractivity (Wildman–Crippen MR) is 60.5 cm³/mol. The molecule has 1 heterocycles. The molecular formula is C11H19N3O. The second-order valence-electron chi connectivity index (χ2n) is 3.70. The van der Waals surface area contributed by atoms with E-state index in [0.717, 1.165) is 18.8 Å². The highest BCUT2D eigenvalue weighted by Gasteiger charge is 2.07. The number of rotatable bonds is 5. The number of carbonyl (C=O) groups excluding carboxylic acids is 1. The quantitative estimate of drug-likeness (QED) is 0.774. The number of nitrogens with one attached hydrogen (secondary N) is 1. The highest BCUT2D eigenvalue weighted by molar-refractivity contribution is 5.75. The van der Waals surface area contributed by atoms with Crippen molar-refractivity contribution in [1.29, 1.82) is 0 Å². The van der Waals surface area contributed by atoms with E-state index in [1.165, 1.54) is 0 Å². The topological polar surface area (TPSA) is 37.3 Å². The standard InChI is InChI=1S/C11H19N3O/c1-4-12-8-10-6-5-7-14(10)9-11(15)13(2)3/h5-7,12H,4,8-9H2,1-3H3. The summed E-state index contributed by atoms with van der Waals surface area (Å²) < 4.78 is 1.98. The van der Waals surface area contributed by atoms with E-state index < -0.39 is 0 Å². The molecule has 1 aromatic heterocycles. The van der Waals surface area contributed by atoms with Crippen LogP contribution in [0, 0.1) is 0 Å². The maximum atomic E-state index is 11.5. The summed E-state index contributed by atoms with van der Waals surface area (Å²) in [5.41, 5.74) is 1.15. The Morgan fingerprint density at radius 3 is 2.87 bits per heavy atom. The molecular weight excluding hydrogens is 190 g/mol. The van der Waals surface area contributed by atoms with Gasteiger partial charge in [0.2, 0.25) is 5.91 Å². The lowest BCUT2D eigenvalue weighted by molar-refractivity contribution is -0.129. The number of likely N-dealkylation sites (N-methyl/N-ethyl adjacent to an activating group) is 1. The van der Waals surface area contributed by atoms with E-state index in [-0.39, 0.29) is 5.91 Å². The Morgan fingerprint density at radius 1 is 1.53 bits per heavy atom. The summed E-state index contributed by atoms with van der Waals surface area (Å²) in [5, 5.41) is 3.25. The van der Waals surface area contributed by atoms with Crippen LogP contribution in [0.25, 0.3) is 0 Å². The molecule has 0 saturated carbocycles. The van der Waals surface area contributed by atoms with E-state index in [2.05, 4.69) is 12.2 Å². The van der Waals surface area contributed by atoms with Crippen LogP contribution in [0.2, 0.25) is 0 Å². The highest BCUT2D eigenvalue weighted by Crippen LogP contribution is 2.02. The summed E-state index contributed by atoms with van der Waals surface area (Å²) >= 11 is 0. The summed E-state index contributed by atoms with van der Waals surface area (Å²) in [6.45, 7) is 4.23. The first-order valence-corrected chi connectivity index (χ1v) is 5.20. The van der Waals surface area contributed by atoms with Crippen LogP contribution in [0.3, 0.4) is 0 Å². The third-order valence-corrected chi connectivity index (χ3v) is 2.28. The van der Waals surface area contributed by atoms with Gasteiger partial charge >= 0.3 is 0 Å². The third-order valence-electron chi connectivity index (χ3n) is 2.28. The molecule has 0 aliphatic carbocycles. The van der Waals surface area contributed by atoms with Gasteiger partial charge in [-0.1, -0.05) is 6.92 Å². The van der Waals surface area contributed by atoms with Crippen LogP contribution >= 0.6 is 0 Å². The summed E-state index contributed by atoms with van der Waals surface area (Å²) in [6, 6.07) is 4.00. The fourth-order valence-corrected chi connectivity index (χ4v) is 1.30. The molecule has 0 unspecified atom stereocenters. The molecule has 0 aliphatic rings. The Balaban J connectivity index is 2.60. The van der Waals surface area contributed by atoms with Gasteiger partial charge in [0.1, 0.15) is 6.54 Å². The molecule has 1 amide bonds. The van der Waals surface area contributed by atoms with Gasteiger partial charge in [0.05, 0.1) is 0 Å². The zero-order valence-corrected chi connectivity index (χ0v) is 9.66. The van der Waals surface area contributed by atoms with Crippen LogP contribution in [-0.2, 0) is 17.9 Å². The molecule has 0 fully saturated rings. The third kappa shape index (κ3) is 3.40. The van der Waals surface area contributed by atoms with Gasteiger partial charge in [-0.2, -0.15) is 0 Å². The van der Waals surface area contributed by atoms with E-state index in [0.29, 0.717) is 6.54 Å². The molecule has 4 nitrogen and oxygen atoms in total. The minimum atomic E-state index is 0.115. The SMILES string of the molecule is CCNCc1cccn1CC(=O)N(C)C.